The van der Waals surface area contributed by atoms with Crippen LogP contribution in [-0.2, 0) is 14.3 Å². The summed E-state index contributed by atoms with van der Waals surface area (Å²) in [6.07, 6.45) is 6.95. The van der Waals surface area contributed by atoms with E-state index >= 15 is 0 Å². The lowest BCUT2D eigenvalue weighted by atomic mass is 10.1. The summed E-state index contributed by atoms with van der Waals surface area (Å²) < 4.78 is 5.60. The number of nitrogens with one attached hydrogen (secondary N) is 1. The Bertz CT molecular complexity index is 326. The fourth-order valence-electron chi connectivity index (χ4n) is 2.96. The van der Waals surface area contributed by atoms with Crippen LogP contribution in [0.25, 0.3) is 0 Å². The average molecular weight is 300 g/mol. The van der Waals surface area contributed by atoms with E-state index in [1.165, 1.54) is 0 Å². The first-order valence-corrected chi connectivity index (χ1v) is 8.35. The van der Waals surface area contributed by atoms with Gasteiger partial charge in [-0.05, 0) is 19.3 Å². The minimum atomic E-state index is -0.921. The minimum Gasteiger partial charge on any atom is -0.481 e. The van der Waals surface area contributed by atoms with Gasteiger partial charge in [0, 0.05) is 12.8 Å². The Morgan fingerprint density at radius 1 is 1.19 bits per heavy atom. The van der Waals surface area contributed by atoms with E-state index in [2.05, 4.69) is 6.92 Å². The maximum absolute atomic E-state index is 12.4. The first-order valence-electron chi connectivity index (χ1n) is 8.35. The summed E-state index contributed by atoms with van der Waals surface area (Å²) in [7, 11) is 0. The van der Waals surface area contributed by atoms with Crippen LogP contribution in [0.2, 0.25) is 0 Å². The van der Waals surface area contributed by atoms with Crippen LogP contribution in [0.1, 0.15) is 65.2 Å². The molecule has 0 saturated carbocycles. The van der Waals surface area contributed by atoms with Gasteiger partial charge in [-0.3, -0.25) is 4.79 Å². The highest BCUT2D eigenvalue weighted by atomic mass is 16.5. The van der Waals surface area contributed by atoms with Crippen molar-refractivity contribution in [1.82, 2.24) is 0 Å². The van der Waals surface area contributed by atoms with Crippen molar-refractivity contribution in [3.05, 3.63) is 0 Å². The van der Waals surface area contributed by atoms with Gasteiger partial charge in [-0.25, -0.2) is 4.79 Å². The van der Waals surface area contributed by atoms with Crippen molar-refractivity contribution in [1.29, 1.82) is 0 Å². The molecule has 0 aromatic heterocycles. The van der Waals surface area contributed by atoms with Crippen molar-refractivity contribution < 1.29 is 24.3 Å². The molecule has 1 aliphatic heterocycles. The molecule has 1 heterocycles. The number of hydrogen-bond acceptors (Lipinski definition) is 3. The van der Waals surface area contributed by atoms with Crippen molar-refractivity contribution >= 4 is 11.9 Å². The summed E-state index contributed by atoms with van der Waals surface area (Å²) in [4.78, 5) is 24.5. The summed E-state index contributed by atoms with van der Waals surface area (Å²) in [5.74, 6) is -1.24. The average Bonchev–Trinajstić information content (AvgIpc) is 2.97. The molecule has 21 heavy (non-hydrogen) atoms. The topological polar surface area (TPSA) is 68.0 Å². The molecular formula is C16H30NO4+. The van der Waals surface area contributed by atoms with Gasteiger partial charge >= 0.3 is 11.9 Å². The molecule has 0 radical (unpaired) electrons. The van der Waals surface area contributed by atoms with Crippen LogP contribution in [0.5, 0.6) is 0 Å². The second-order valence-corrected chi connectivity index (χ2v) is 5.98. The van der Waals surface area contributed by atoms with Crippen molar-refractivity contribution in [3.8, 4) is 0 Å². The van der Waals surface area contributed by atoms with Gasteiger partial charge in [-0.1, -0.05) is 26.7 Å². The first-order chi connectivity index (χ1) is 10.1. The lowest BCUT2D eigenvalue weighted by molar-refractivity contribution is -0.904. The number of esters is 1. The molecule has 0 amide bonds. The highest BCUT2D eigenvalue weighted by molar-refractivity contribution is 5.80. The largest absolute Gasteiger partial charge is 0.481 e. The van der Waals surface area contributed by atoms with E-state index in [0.717, 1.165) is 62.9 Å². The van der Waals surface area contributed by atoms with E-state index in [1.54, 1.807) is 0 Å². The van der Waals surface area contributed by atoms with E-state index in [-0.39, 0.29) is 18.5 Å². The Morgan fingerprint density at radius 2 is 1.86 bits per heavy atom. The Morgan fingerprint density at radius 3 is 2.38 bits per heavy atom. The van der Waals surface area contributed by atoms with E-state index < -0.39 is 12.0 Å². The lowest BCUT2D eigenvalue weighted by Crippen LogP contribution is -3.15. The lowest BCUT2D eigenvalue weighted by Gasteiger charge is -2.24. The summed E-state index contributed by atoms with van der Waals surface area (Å²) in [6.45, 7) is 5.91. The van der Waals surface area contributed by atoms with Crippen LogP contribution in [0.15, 0.2) is 0 Å². The molecule has 1 fully saturated rings. The molecule has 1 saturated heterocycles. The number of hydrogen-bond donors (Lipinski definition) is 2. The molecule has 5 nitrogen and oxygen atoms in total. The molecule has 1 aliphatic rings. The van der Waals surface area contributed by atoms with E-state index in [0.29, 0.717) is 0 Å². The number of quaternary nitrogens is 1. The third-order valence-electron chi connectivity index (χ3n) is 4.27. The fourth-order valence-corrected chi connectivity index (χ4v) is 2.96. The summed E-state index contributed by atoms with van der Waals surface area (Å²) in [6, 6.07) is -0.537. The molecule has 0 aromatic carbocycles. The standard InChI is InChI=1S/C16H29NO4/c1-3-5-6-9-13(4-2)21-16(20)14(12-15(18)19)17-10-7-8-11-17/h13-14H,3-12H2,1-2H3,(H,18,19)/p+1. The Hall–Kier alpha value is -1.10. The molecule has 2 atom stereocenters. The Balaban J connectivity index is 2.54. The van der Waals surface area contributed by atoms with Gasteiger partial charge in [0.25, 0.3) is 0 Å². The summed E-state index contributed by atoms with van der Waals surface area (Å²) in [5.41, 5.74) is 0. The van der Waals surface area contributed by atoms with Crippen LogP contribution in [-0.4, -0.2) is 42.3 Å². The van der Waals surface area contributed by atoms with Gasteiger partial charge in [-0.2, -0.15) is 0 Å². The molecule has 5 heteroatoms. The fraction of sp³-hybridized carbons (Fsp3) is 0.875. The zero-order chi connectivity index (χ0) is 15.7. The first kappa shape index (κ1) is 18.0. The third kappa shape index (κ3) is 6.46. The van der Waals surface area contributed by atoms with Gasteiger partial charge in [0.05, 0.1) is 13.1 Å². The van der Waals surface area contributed by atoms with Crippen molar-refractivity contribution in [2.45, 2.75) is 77.4 Å². The zero-order valence-corrected chi connectivity index (χ0v) is 13.4. The van der Waals surface area contributed by atoms with E-state index in [9.17, 15) is 9.59 Å². The van der Waals surface area contributed by atoms with E-state index in [4.69, 9.17) is 9.84 Å². The van der Waals surface area contributed by atoms with Crippen molar-refractivity contribution in [3.63, 3.8) is 0 Å². The van der Waals surface area contributed by atoms with Crippen LogP contribution in [0.3, 0.4) is 0 Å². The van der Waals surface area contributed by atoms with Crippen LogP contribution >= 0.6 is 0 Å². The summed E-state index contributed by atoms with van der Waals surface area (Å²) in [5, 5.41) is 9.04. The molecule has 0 bridgehead atoms. The molecule has 1 rings (SSSR count). The number of ether oxygens (including phenoxy) is 1. The van der Waals surface area contributed by atoms with Crippen LogP contribution in [0.4, 0.5) is 0 Å². The highest BCUT2D eigenvalue weighted by Gasteiger charge is 2.36. The quantitative estimate of drug-likeness (QED) is 0.473. The van der Waals surface area contributed by atoms with Crippen molar-refractivity contribution in [2.24, 2.45) is 0 Å². The van der Waals surface area contributed by atoms with Gasteiger partial charge < -0.3 is 14.7 Å². The molecule has 2 unspecified atom stereocenters. The second-order valence-electron chi connectivity index (χ2n) is 5.98. The number of carbonyl (C=O) groups is 2. The number of aliphatic carboxylic acids is 1. The smallest absolute Gasteiger partial charge is 0.365 e. The predicted molar refractivity (Wildman–Crippen MR) is 80.3 cm³/mol. The zero-order valence-electron chi connectivity index (χ0n) is 13.4. The van der Waals surface area contributed by atoms with Gasteiger partial charge in [0.15, 0.2) is 6.04 Å². The Labute approximate surface area is 127 Å². The molecule has 0 spiro atoms. The number of likely N-dealkylation sites (tertiary alicyclic amines) is 1. The van der Waals surface area contributed by atoms with Gasteiger partial charge in [-0.15, -0.1) is 0 Å². The summed E-state index contributed by atoms with van der Waals surface area (Å²) >= 11 is 0. The maximum atomic E-state index is 12.4. The monoisotopic (exact) mass is 300 g/mol. The molecular weight excluding hydrogens is 270 g/mol. The minimum absolute atomic E-state index is 0.0673. The predicted octanol–water partition coefficient (Wildman–Crippen LogP) is 1.41. The van der Waals surface area contributed by atoms with Gasteiger partial charge in [0.2, 0.25) is 0 Å². The van der Waals surface area contributed by atoms with Crippen molar-refractivity contribution in [2.75, 3.05) is 13.1 Å². The maximum Gasteiger partial charge on any atom is 0.365 e. The number of carbonyl (C=O) groups excluding carboxylic acids is 1. The molecule has 2 N–H and O–H groups in total. The number of rotatable bonds is 10. The SMILES string of the molecule is CCCCCC(CC)OC(=O)C(CC(=O)O)[NH+]1CCCC1. The van der Waals surface area contributed by atoms with Crippen LogP contribution < -0.4 is 4.90 Å². The highest BCUT2D eigenvalue weighted by Crippen LogP contribution is 2.11. The Kier molecular flexibility index (Phi) is 8.35. The molecule has 0 aliphatic carbocycles. The number of carboxylic acid groups (broad SMARTS) is 1. The molecule has 0 aromatic rings. The molecule has 122 valence electrons. The van der Waals surface area contributed by atoms with Gasteiger partial charge in [0.1, 0.15) is 12.5 Å². The van der Waals surface area contributed by atoms with Crippen LogP contribution in [0, 0.1) is 0 Å². The number of unbranched alkanes of at least 4 members (excludes halogenated alkanes) is 2. The number of carboxylic acids is 1. The van der Waals surface area contributed by atoms with E-state index in [1.807, 2.05) is 6.92 Å². The normalized spacial score (nSPS) is 18.4. The second kappa shape index (κ2) is 9.77. The third-order valence-corrected chi connectivity index (χ3v) is 4.27.